The molecule has 0 aliphatic rings. The summed E-state index contributed by atoms with van der Waals surface area (Å²) in [5.41, 5.74) is 4.37. The summed E-state index contributed by atoms with van der Waals surface area (Å²) >= 11 is 0. The molecule has 1 aromatic carbocycles. The molecule has 1 aromatic rings. The highest BCUT2D eigenvalue weighted by atomic mass is 32.2. The normalized spacial score (nSPS) is 13.8. The van der Waals surface area contributed by atoms with E-state index in [0.29, 0.717) is 0 Å². The van der Waals surface area contributed by atoms with E-state index in [-0.39, 0.29) is 16.4 Å². The number of nitrogens with two attached hydrogens (primary N) is 1. The van der Waals surface area contributed by atoms with Crippen molar-refractivity contribution < 1.29 is 38.3 Å². The van der Waals surface area contributed by atoms with Crippen molar-refractivity contribution in [2.24, 2.45) is 5.73 Å². The average molecular weight is 365 g/mol. The van der Waals surface area contributed by atoms with E-state index < -0.39 is 31.8 Å². The molecule has 0 heterocycles. The molecule has 0 spiro atoms. The Labute approximate surface area is 140 Å². The molecule has 0 amide bonds. The van der Waals surface area contributed by atoms with Gasteiger partial charge in [-0.25, -0.2) is 8.42 Å². The lowest BCUT2D eigenvalue weighted by Crippen LogP contribution is -2.58. The fourth-order valence-corrected chi connectivity index (χ4v) is 3.21. The van der Waals surface area contributed by atoms with Gasteiger partial charge < -0.3 is 29.9 Å². The molecule has 0 aromatic heterocycles. The van der Waals surface area contributed by atoms with Gasteiger partial charge in [0.05, 0.1) is 24.5 Å². The smallest absolute Gasteiger partial charge is 0.281 e. The standard InChI is InChI=1S/C14H23NO8S/c1-12(2,3)24(20,21)11-7-9(22-4)8(6-10(11)23-5)13(16,17)14(15,18)19/h6-7,16-19H,15H2,1-5H3. The van der Waals surface area contributed by atoms with Gasteiger partial charge in [-0.15, -0.1) is 0 Å². The number of aliphatic hydroxyl groups is 4. The molecule has 0 bridgehead atoms. The van der Waals surface area contributed by atoms with Crippen LogP contribution in [-0.2, 0) is 15.6 Å². The zero-order valence-electron chi connectivity index (χ0n) is 14.1. The van der Waals surface area contributed by atoms with Gasteiger partial charge in [-0.1, -0.05) is 0 Å². The molecule has 0 atom stereocenters. The topological polar surface area (TPSA) is 160 Å². The van der Waals surface area contributed by atoms with Crippen molar-refractivity contribution in [1.29, 1.82) is 0 Å². The van der Waals surface area contributed by atoms with Gasteiger partial charge in [-0.3, -0.25) is 5.73 Å². The summed E-state index contributed by atoms with van der Waals surface area (Å²) < 4.78 is 34.1. The number of sulfone groups is 1. The Morgan fingerprint density at radius 1 is 0.958 bits per heavy atom. The Morgan fingerprint density at radius 2 is 1.42 bits per heavy atom. The largest absolute Gasteiger partial charge is 0.496 e. The van der Waals surface area contributed by atoms with Crippen LogP contribution in [-0.4, -0.2) is 53.7 Å². The van der Waals surface area contributed by atoms with Crippen LogP contribution in [0.5, 0.6) is 11.5 Å². The predicted molar refractivity (Wildman–Crippen MR) is 84.0 cm³/mol. The molecular weight excluding hydrogens is 342 g/mol. The zero-order chi connectivity index (χ0) is 19.1. The van der Waals surface area contributed by atoms with Crippen molar-refractivity contribution in [3.05, 3.63) is 17.7 Å². The van der Waals surface area contributed by atoms with E-state index in [1.165, 1.54) is 27.9 Å². The van der Waals surface area contributed by atoms with E-state index in [1.807, 2.05) is 0 Å². The highest BCUT2D eigenvalue weighted by Gasteiger charge is 2.49. The lowest BCUT2D eigenvalue weighted by Gasteiger charge is -2.33. The minimum Gasteiger partial charge on any atom is -0.496 e. The molecule has 6 N–H and O–H groups in total. The van der Waals surface area contributed by atoms with Crippen molar-refractivity contribution in [3.63, 3.8) is 0 Å². The number of ether oxygens (including phenoxy) is 2. The van der Waals surface area contributed by atoms with Crippen molar-refractivity contribution in [2.75, 3.05) is 14.2 Å². The molecule has 10 heteroatoms. The molecule has 0 aliphatic carbocycles. The van der Waals surface area contributed by atoms with Gasteiger partial charge in [0.2, 0.25) is 0 Å². The van der Waals surface area contributed by atoms with Crippen molar-refractivity contribution >= 4 is 9.84 Å². The van der Waals surface area contributed by atoms with E-state index in [9.17, 15) is 28.8 Å². The monoisotopic (exact) mass is 365 g/mol. The van der Waals surface area contributed by atoms with Gasteiger partial charge >= 0.3 is 0 Å². The van der Waals surface area contributed by atoms with Crippen molar-refractivity contribution in [2.45, 2.75) is 42.1 Å². The van der Waals surface area contributed by atoms with E-state index in [1.54, 1.807) is 0 Å². The van der Waals surface area contributed by atoms with Crippen molar-refractivity contribution in [3.8, 4) is 11.5 Å². The van der Waals surface area contributed by atoms with Gasteiger partial charge in [0.1, 0.15) is 16.4 Å². The minimum absolute atomic E-state index is 0.238. The first-order valence-corrected chi connectivity index (χ1v) is 8.29. The molecule has 24 heavy (non-hydrogen) atoms. The summed E-state index contributed by atoms with van der Waals surface area (Å²) in [7, 11) is -1.56. The van der Waals surface area contributed by atoms with Crippen LogP contribution < -0.4 is 15.2 Å². The van der Waals surface area contributed by atoms with E-state index >= 15 is 0 Å². The number of rotatable bonds is 5. The third-order valence-corrected chi connectivity index (χ3v) is 5.98. The average Bonchev–Trinajstić information content (AvgIpc) is 2.43. The molecule has 1 rings (SSSR count). The highest BCUT2D eigenvalue weighted by molar-refractivity contribution is 7.92. The van der Waals surface area contributed by atoms with Gasteiger partial charge in [0.15, 0.2) is 9.84 Å². The summed E-state index contributed by atoms with van der Waals surface area (Å²) in [6.07, 6.45) is 0. The van der Waals surface area contributed by atoms with Gasteiger partial charge in [-0.05, 0) is 26.8 Å². The quantitative estimate of drug-likeness (QED) is 0.413. The van der Waals surface area contributed by atoms with Crippen LogP contribution in [0.3, 0.4) is 0 Å². The summed E-state index contributed by atoms with van der Waals surface area (Å²) in [5.74, 6) is -7.36. The van der Waals surface area contributed by atoms with E-state index in [4.69, 9.17) is 15.2 Å². The molecule has 138 valence electrons. The molecule has 0 radical (unpaired) electrons. The number of methoxy groups -OCH3 is 2. The molecule has 0 fully saturated rings. The summed E-state index contributed by atoms with van der Waals surface area (Å²) in [5, 5.41) is 38.6. The Balaban J connectivity index is 3.80. The molecular formula is C14H23NO8S. The Bertz CT molecular complexity index is 714. The summed E-state index contributed by atoms with van der Waals surface area (Å²) in [4.78, 5) is -0.257. The van der Waals surface area contributed by atoms with E-state index in [2.05, 4.69) is 0 Å². The van der Waals surface area contributed by atoms with Crippen LogP contribution in [0.2, 0.25) is 0 Å². The molecule has 0 saturated heterocycles. The summed E-state index contributed by atoms with van der Waals surface area (Å²) in [6.45, 7) is 4.45. The first-order valence-electron chi connectivity index (χ1n) is 6.80. The Hall–Kier alpha value is -1.43. The van der Waals surface area contributed by atoms with Crippen LogP contribution >= 0.6 is 0 Å². The number of benzene rings is 1. The van der Waals surface area contributed by atoms with Crippen molar-refractivity contribution in [1.82, 2.24) is 0 Å². The molecule has 0 aliphatic heterocycles. The number of hydrogen-bond donors (Lipinski definition) is 5. The van der Waals surface area contributed by atoms with E-state index in [0.717, 1.165) is 19.2 Å². The Kier molecular flexibility index (Phi) is 5.27. The molecule has 0 saturated carbocycles. The maximum atomic E-state index is 12.7. The van der Waals surface area contributed by atoms with Gasteiger partial charge in [0, 0.05) is 6.07 Å². The van der Waals surface area contributed by atoms with Gasteiger partial charge in [0.25, 0.3) is 11.7 Å². The SMILES string of the molecule is COc1cc(S(=O)(=O)C(C)(C)C)c(OC)cc1C(O)(O)C(N)(O)O. The first kappa shape index (κ1) is 20.6. The first-order chi connectivity index (χ1) is 10.6. The fraction of sp³-hybridized carbons (Fsp3) is 0.571. The second-order valence-corrected chi connectivity index (χ2v) is 8.89. The highest BCUT2D eigenvalue weighted by Crippen LogP contribution is 2.41. The third-order valence-electron chi connectivity index (χ3n) is 3.47. The maximum Gasteiger partial charge on any atom is 0.281 e. The molecule has 9 nitrogen and oxygen atoms in total. The predicted octanol–water partition coefficient (Wildman–Crippen LogP) is -0.989. The van der Waals surface area contributed by atoms with Crippen LogP contribution in [0, 0.1) is 0 Å². The Morgan fingerprint density at radius 3 is 1.75 bits per heavy atom. The van der Waals surface area contributed by atoms with Crippen LogP contribution in [0.25, 0.3) is 0 Å². The van der Waals surface area contributed by atoms with Crippen LogP contribution in [0.1, 0.15) is 26.3 Å². The third kappa shape index (κ3) is 3.34. The lowest BCUT2D eigenvalue weighted by atomic mass is 10.0. The van der Waals surface area contributed by atoms with Crippen LogP contribution in [0.15, 0.2) is 17.0 Å². The fourth-order valence-electron chi connectivity index (χ4n) is 1.88. The maximum absolute atomic E-state index is 12.7. The lowest BCUT2D eigenvalue weighted by molar-refractivity contribution is -0.363. The molecule has 0 unspecified atom stereocenters. The minimum atomic E-state index is -3.87. The second kappa shape index (κ2) is 6.14. The number of hydrogen-bond acceptors (Lipinski definition) is 9. The van der Waals surface area contributed by atoms with Crippen LogP contribution in [0.4, 0.5) is 0 Å². The summed E-state index contributed by atoms with van der Waals surface area (Å²) in [6, 6.07) is 1.91. The zero-order valence-corrected chi connectivity index (χ0v) is 14.9. The van der Waals surface area contributed by atoms with Gasteiger partial charge in [-0.2, -0.15) is 0 Å². The second-order valence-electron chi connectivity index (χ2n) is 6.22.